The van der Waals surface area contributed by atoms with E-state index in [-0.39, 0.29) is 7.43 Å². The normalized spacial score (nSPS) is 11.7. The zero-order valence-corrected chi connectivity index (χ0v) is 60.4. The first-order valence-electron chi connectivity index (χ1n) is 35.9. The first kappa shape index (κ1) is 64.6. The van der Waals surface area contributed by atoms with Crippen molar-refractivity contribution in [1.82, 2.24) is 4.57 Å². The van der Waals surface area contributed by atoms with Crippen LogP contribution in [-0.2, 0) is 6.42 Å². The van der Waals surface area contributed by atoms with E-state index in [9.17, 15) is 0 Å². The number of para-hydroxylation sites is 1. The highest BCUT2D eigenvalue weighted by Crippen LogP contribution is 2.49. The van der Waals surface area contributed by atoms with Gasteiger partial charge < -0.3 is 4.57 Å². The number of halogens is 1. The van der Waals surface area contributed by atoms with Crippen LogP contribution in [0.3, 0.4) is 0 Å². The molecular weight excluding hydrogens is 1380 g/mol. The van der Waals surface area contributed by atoms with Gasteiger partial charge in [-0.05, 0) is 199 Å². The summed E-state index contributed by atoms with van der Waals surface area (Å²) >= 11 is 7.43. The summed E-state index contributed by atoms with van der Waals surface area (Å²) in [6.07, 6.45) is 1.05. The Balaban J connectivity index is 0.000000120. The van der Waals surface area contributed by atoms with Crippen LogP contribution >= 0.6 is 38.6 Å². The summed E-state index contributed by atoms with van der Waals surface area (Å²) in [4.78, 5) is 0. The van der Waals surface area contributed by atoms with Gasteiger partial charge in [0.05, 0.1) is 11.0 Å². The molecule has 0 atom stereocenters. The SMILES string of the molecule is Brc1cccc(-c2c3ccccc3c(-c3ccccc3)c3ccccc23)c1.C.c1ccc(-c2c3ccccc3c(-c3cccc(-n4c5ccccc5c5cc(-c6cccc7c6sc6ccccc67)ccc54)c3)c3ccccc23)cc1.c1ccc2c(c1)Cc1ccc(-c3cccc4c3sc3ccccc34)cc1-2. The number of benzene rings is 18. The molecule has 3 heterocycles. The van der Waals surface area contributed by atoms with Crippen LogP contribution in [0.5, 0.6) is 0 Å². The van der Waals surface area contributed by atoms with Gasteiger partial charge in [-0.2, -0.15) is 0 Å². The van der Waals surface area contributed by atoms with E-state index in [4.69, 9.17) is 0 Å². The Bertz CT molecular complexity index is 6900. The molecule has 1 aliphatic rings. The number of thiophene rings is 2. The summed E-state index contributed by atoms with van der Waals surface area (Å²) in [5.41, 5.74) is 24.6. The molecule has 1 aliphatic carbocycles. The highest BCUT2D eigenvalue weighted by Gasteiger charge is 2.23. The first-order valence-corrected chi connectivity index (χ1v) is 38.4. The van der Waals surface area contributed by atoms with Gasteiger partial charge in [0.15, 0.2) is 0 Å². The van der Waals surface area contributed by atoms with Gasteiger partial charge in [-0.25, -0.2) is 0 Å². The third kappa shape index (κ3) is 11.0. The second-order valence-corrected chi connectivity index (χ2v) is 30.3. The molecule has 0 saturated carbocycles. The highest BCUT2D eigenvalue weighted by molar-refractivity contribution is 9.10. The standard InChI is InChI=1S/C50H31NS.C26H17Br.C25H16S.CH4/c1-2-14-32(15-3-1)48-39-20-4-6-22-41(39)49(42-23-7-5-21-40(42)48)34-16-12-17-35(30-34)51-45-26-10-8-18-37(45)44-31-33(28-29-46(44)51)36-24-13-25-43-38-19-9-11-27-47(38)52-50(36)43;27-20-12-8-11-19(17-20)26-23-15-6-4-13-21(23)25(18-9-2-1-3-10-18)22-14-5-7-16-24(22)26;1-2-7-19-16(6-1)14-17-12-13-18(15-23(17)19)20-9-5-10-22-21-8-3-4-11-24(21)26-25(20)22;/h1-31H;1-17H;1-13,15H,14H2;1H4. The summed E-state index contributed by atoms with van der Waals surface area (Å²) in [7, 11) is 0. The molecule has 0 bridgehead atoms. The third-order valence-corrected chi connectivity index (χ3v) is 24.3. The molecule has 0 fully saturated rings. The number of rotatable bonds is 7. The minimum Gasteiger partial charge on any atom is -0.309 e. The lowest BCUT2D eigenvalue weighted by Crippen LogP contribution is -1.95. The predicted molar refractivity (Wildman–Crippen MR) is 465 cm³/mol. The van der Waals surface area contributed by atoms with E-state index in [2.05, 4.69) is 397 Å². The second-order valence-electron chi connectivity index (χ2n) is 27.3. The summed E-state index contributed by atoms with van der Waals surface area (Å²) in [6.45, 7) is 0. The van der Waals surface area contributed by atoms with Crippen molar-refractivity contribution in [1.29, 1.82) is 0 Å². The zero-order chi connectivity index (χ0) is 69.5. The predicted octanol–water partition coefficient (Wildman–Crippen LogP) is 30.5. The van der Waals surface area contributed by atoms with Crippen LogP contribution in [0.2, 0.25) is 0 Å². The number of nitrogens with zero attached hydrogens (tertiary/aromatic N) is 1. The van der Waals surface area contributed by atoms with E-state index in [0.717, 1.165) is 16.6 Å². The van der Waals surface area contributed by atoms with Crippen molar-refractivity contribution in [2.45, 2.75) is 13.8 Å². The summed E-state index contributed by atoms with van der Waals surface area (Å²) in [5.74, 6) is 0. The number of fused-ring (bicyclic) bond motifs is 16. The Labute approximate surface area is 632 Å². The van der Waals surface area contributed by atoms with Gasteiger partial charge in [0, 0.05) is 61.3 Å². The Morgan fingerprint density at radius 3 is 1.12 bits per heavy atom. The molecule has 21 aromatic rings. The minimum absolute atomic E-state index is 0. The quantitative estimate of drug-likeness (QED) is 0.140. The van der Waals surface area contributed by atoms with Crippen LogP contribution in [-0.4, -0.2) is 4.57 Å². The molecule has 0 N–H and O–H groups in total. The maximum atomic E-state index is 3.64. The fraction of sp³-hybridized carbons (Fsp3) is 0.0196. The van der Waals surface area contributed by atoms with Crippen molar-refractivity contribution in [2.24, 2.45) is 0 Å². The van der Waals surface area contributed by atoms with Gasteiger partial charge >= 0.3 is 0 Å². The molecule has 0 saturated heterocycles. The van der Waals surface area contributed by atoms with Crippen molar-refractivity contribution >= 4 is 144 Å². The van der Waals surface area contributed by atoms with Gasteiger partial charge in [-0.3, -0.25) is 0 Å². The maximum absolute atomic E-state index is 3.64. The number of hydrogen-bond donors (Lipinski definition) is 0. The Kier molecular flexibility index (Phi) is 16.5. The van der Waals surface area contributed by atoms with Crippen LogP contribution in [0.15, 0.2) is 381 Å². The Hall–Kier alpha value is -12.3. The number of aromatic nitrogens is 1. The van der Waals surface area contributed by atoms with E-state index < -0.39 is 0 Å². The van der Waals surface area contributed by atoms with E-state index >= 15 is 0 Å². The lowest BCUT2D eigenvalue weighted by molar-refractivity contribution is 1.18. The molecule has 0 amide bonds. The summed E-state index contributed by atoms with van der Waals surface area (Å²) < 4.78 is 8.97. The average Bonchev–Trinajstić information content (AvgIpc) is 1.25. The molecule has 0 unspecified atom stereocenters. The van der Waals surface area contributed by atoms with E-state index in [1.807, 2.05) is 22.7 Å². The summed E-state index contributed by atoms with van der Waals surface area (Å²) in [6, 6.07) is 137. The van der Waals surface area contributed by atoms with Gasteiger partial charge in [-0.15, -0.1) is 22.7 Å². The number of hydrogen-bond acceptors (Lipinski definition) is 2. The fourth-order valence-electron chi connectivity index (χ4n) is 16.8. The largest absolute Gasteiger partial charge is 0.309 e. The Morgan fingerprint density at radius 1 is 0.226 bits per heavy atom. The fourth-order valence-corrected chi connectivity index (χ4v) is 19.7. The topological polar surface area (TPSA) is 4.93 Å². The summed E-state index contributed by atoms with van der Waals surface area (Å²) in [5, 5.41) is 18.1. The average molecular weight is 1450 g/mol. The monoisotopic (exact) mass is 1450 g/mol. The van der Waals surface area contributed by atoms with Crippen molar-refractivity contribution < 1.29 is 0 Å². The van der Waals surface area contributed by atoms with E-state index in [0.29, 0.717) is 0 Å². The van der Waals surface area contributed by atoms with Gasteiger partial charge in [-0.1, -0.05) is 339 Å². The molecule has 0 aliphatic heterocycles. The zero-order valence-electron chi connectivity index (χ0n) is 57.1. The van der Waals surface area contributed by atoms with E-state index in [1.165, 1.54) is 194 Å². The second kappa shape index (κ2) is 27.1. The molecule has 0 radical (unpaired) electrons. The van der Waals surface area contributed by atoms with Crippen molar-refractivity contribution in [3.63, 3.8) is 0 Å². The van der Waals surface area contributed by atoms with Crippen LogP contribution in [0, 0.1) is 0 Å². The Morgan fingerprint density at radius 2 is 0.594 bits per heavy atom. The lowest BCUT2D eigenvalue weighted by Gasteiger charge is -2.18. The molecule has 500 valence electrons. The molecule has 22 rings (SSSR count). The highest BCUT2D eigenvalue weighted by atomic mass is 79.9. The van der Waals surface area contributed by atoms with Crippen LogP contribution in [0.4, 0.5) is 0 Å². The van der Waals surface area contributed by atoms with Crippen molar-refractivity contribution in [2.75, 3.05) is 0 Å². The molecule has 106 heavy (non-hydrogen) atoms. The van der Waals surface area contributed by atoms with Crippen LogP contribution in [0.1, 0.15) is 18.6 Å². The van der Waals surface area contributed by atoms with Gasteiger partial charge in [0.2, 0.25) is 0 Å². The molecule has 1 nitrogen and oxygen atoms in total. The molecule has 0 spiro atoms. The minimum atomic E-state index is 0. The van der Waals surface area contributed by atoms with Gasteiger partial charge in [0.1, 0.15) is 0 Å². The smallest absolute Gasteiger partial charge is 0.0541 e. The van der Waals surface area contributed by atoms with Crippen molar-refractivity contribution in [3.05, 3.63) is 392 Å². The maximum Gasteiger partial charge on any atom is 0.0541 e. The first-order chi connectivity index (χ1) is 52.0. The molecule has 3 aromatic heterocycles. The van der Waals surface area contributed by atoms with Crippen LogP contribution < -0.4 is 0 Å². The molecule has 18 aromatic carbocycles. The third-order valence-electron chi connectivity index (χ3n) is 21.4. The van der Waals surface area contributed by atoms with Crippen molar-refractivity contribution in [3.8, 4) is 83.6 Å². The van der Waals surface area contributed by atoms with Crippen LogP contribution in [0.25, 0.3) is 189 Å². The van der Waals surface area contributed by atoms with E-state index in [1.54, 1.807) is 0 Å². The lowest BCUT2D eigenvalue weighted by atomic mass is 9.86. The molecule has 4 heteroatoms. The molecular formula is C102H68BrNS2. The van der Waals surface area contributed by atoms with Gasteiger partial charge in [0.25, 0.3) is 0 Å².